The van der Waals surface area contributed by atoms with Crippen molar-refractivity contribution in [2.75, 3.05) is 32.6 Å². The minimum absolute atomic E-state index is 0.184. The van der Waals surface area contributed by atoms with Crippen LogP contribution in [0.3, 0.4) is 0 Å². The molecule has 0 bridgehead atoms. The number of methoxy groups -OCH3 is 2. The number of carbonyl (C=O) groups is 1. The summed E-state index contributed by atoms with van der Waals surface area (Å²) >= 11 is 0. The van der Waals surface area contributed by atoms with E-state index < -0.39 is 0 Å². The van der Waals surface area contributed by atoms with Gasteiger partial charge in [0.15, 0.2) is 17.3 Å². The second-order valence-electron chi connectivity index (χ2n) is 5.18. The third kappa shape index (κ3) is 4.53. The molecule has 2 rings (SSSR count). The number of aromatic amines is 1. The van der Waals surface area contributed by atoms with Gasteiger partial charge in [-0.25, -0.2) is 4.98 Å². The van der Waals surface area contributed by atoms with Crippen molar-refractivity contribution < 1.29 is 14.3 Å². The molecule has 2 aromatic rings. The first-order valence-corrected chi connectivity index (χ1v) is 8.15. The van der Waals surface area contributed by atoms with Crippen molar-refractivity contribution in [3.63, 3.8) is 0 Å². The number of amides is 1. The van der Waals surface area contributed by atoms with Crippen LogP contribution in [0.25, 0.3) is 12.2 Å². The van der Waals surface area contributed by atoms with E-state index in [1.807, 2.05) is 44.2 Å². The van der Waals surface area contributed by atoms with E-state index in [0.717, 1.165) is 5.56 Å². The molecule has 1 amide bonds. The van der Waals surface area contributed by atoms with E-state index in [2.05, 4.69) is 20.6 Å². The minimum Gasteiger partial charge on any atom is -0.493 e. The van der Waals surface area contributed by atoms with Crippen molar-refractivity contribution in [1.29, 1.82) is 0 Å². The molecule has 7 heteroatoms. The Hall–Kier alpha value is -2.96. The Kier molecular flexibility index (Phi) is 6.45. The summed E-state index contributed by atoms with van der Waals surface area (Å²) in [5.41, 5.74) is 1.36. The average Bonchev–Trinajstić information content (AvgIpc) is 3.03. The van der Waals surface area contributed by atoms with Gasteiger partial charge in [-0.2, -0.15) is 0 Å². The smallest absolute Gasteiger partial charge is 0.271 e. The van der Waals surface area contributed by atoms with Gasteiger partial charge in [0.2, 0.25) is 0 Å². The molecule has 7 nitrogen and oxygen atoms in total. The number of nitrogens with one attached hydrogen (secondary N) is 3. The van der Waals surface area contributed by atoms with Crippen molar-refractivity contribution in [3.8, 4) is 11.5 Å². The maximum Gasteiger partial charge on any atom is 0.271 e. The number of hydrogen-bond donors (Lipinski definition) is 3. The predicted molar refractivity (Wildman–Crippen MR) is 99.2 cm³/mol. The molecule has 0 aliphatic rings. The van der Waals surface area contributed by atoms with Gasteiger partial charge in [-0.15, -0.1) is 0 Å². The van der Waals surface area contributed by atoms with Crippen LogP contribution < -0.4 is 20.1 Å². The van der Waals surface area contributed by atoms with Crippen LogP contribution in [0.1, 0.15) is 35.7 Å². The first-order valence-electron chi connectivity index (χ1n) is 8.15. The summed E-state index contributed by atoms with van der Waals surface area (Å²) < 4.78 is 10.5. The summed E-state index contributed by atoms with van der Waals surface area (Å²) in [6.07, 6.45) is 3.70. The van der Waals surface area contributed by atoms with E-state index in [1.165, 1.54) is 0 Å². The van der Waals surface area contributed by atoms with Gasteiger partial charge < -0.3 is 25.1 Å². The maximum atomic E-state index is 12.1. The fraction of sp³-hybridized carbons (Fsp3) is 0.333. The lowest BCUT2D eigenvalue weighted by atomic mass is 10.2. The number of anilines is 1. The number of rotatable bonds is 8. The van der Waals surface area contributed by atoms with Crippen LogP contribution in [0, 0.1) is 0 Å². The van der Waals surface area contributed by atoms with E-state index in [0.29, 0.717) is 41.9 Å². The minimum atomic E-state index is -0.184. The molecule has 0 radical (unpaired) electrons. The molecule has 1 heterocycles. The zero-order valence-corrected chi connectivity index (χ0v) is 15.0. The molecule has 134 valence electrons. The molecule has 3 N–H and O–H groups in total. The highest BCUT2D eigenvalue weighted by molar-refractivity contribution is 5.97. The monoisotopic (exact) mass is 344 g/mol. The normalized spacial score (nSPS) is 10.7. The molecule has 0 aliphatic carbocycles. The van der Waals surface area contributed by atoms with E-state index in [4.69, 9.17) is 9.47 Å². The van der Waals surface area contributed by atoms with E-state index in [-0.39, 0.29) is 5.91 Å². The fourth-order valence-corrected chi connectivity index (χ4v) is 2.31. The zero-order valence-electron chi connectivity index (χ0n) is 15.0. The van der Waals surface area contributed by atoms with Crippen LogP contribution in [0.2, 0.25) is 0 Å². The van der Waals surface area contributed by atoms with Gasteiger partial charge in [0.25, 0.3) is 5.91 Å². The van der Waals surface area contributed by atoms with Crippen molar-refractivity contribution in [3.05, 3.63) is 35.3 Å². The number of imidazole rings is 1. The molecule has 0 saturated heterocycles. The summed E-state index contributed by atoms with van der Waals surface area (Å²) in [7, 11) is 3.19. The fourth-order valence-electron chi connectivity index (χ4n) is 2.31. The van der Waals surface area contributed by atoms with Gasteiger partial charge in [-0.3, -0.25) is 4.79 Å². The van der Waals surface area contributed by atoms with Crippen LogP contribution in [0.4, 0.5) is 5.82 Å². The first-order chi connectivity index (χ1) is 12.1. The predicted octanol–water partition coefficient (Wildman–Crippen LogP) is 2.78. The second kappa shape index (κ2) is 8.77. The van der Waals surface area contributed by atoms with Crippen LogP contribution in [0.5, 0.6) is 11.5 Å². The Morgan fingerprint density at radius 2 is 1.92 bits per heavy atom. The number of benzene rings is 1. The van der Waals surface area contributed by atoms with Crippen molar-refractivity contribution in [1.82, 2.24) is 15.3 Å². The molecule has 0 spiro atoms. The molecule has 25 heavy (non-hydrogen) atoms. The summed E-state index contributed by atoms with van der Waals surface area (Å²) in [4.78, 5) is 19.6. The molecular formula is C18H24N4O3. The number of carbonyl (C=O) groups excluding carboxylic acids is 1. The van der Waals surface area contributed by atoms with Crippen LogP contribution in [-0.4, -0.2) is 43.2 Å². The van der Waals surface area contributed by atoms with Gasteiger partial charge in [-0.1, -0.05) is 12.1 Å². The summed E-state index contributed by atoms with van der Waals surface area (Å²) in [6, 6.07) is 5.62. The quantitative estimate of drug-likeness (QED) is 0.685. The second-order valence-corrected chi connectivity index (χ2v) is 5.18. The summed E-state index contributed by atoms with van der Waals surface area (Å²) in [6.45, 7) is 5.06. The van der Waals surface area contributed by atoms with Crippen LogP contribution in [-0.2, 0) is 0 Å². The van der Waals surface area contributed by atoms with Crippen LogP contribution >= 0.6 is 0 Å². The van der Waals surface area contributed by atoms with Gasteiger partial charge in [0.1, 0.15) is 11.5 Å². The van der Waals surface area contributed by atoms with Gasteiger partial charge >= 0.3 is 0 Å². The number of nitrogens with zero attached hydrogens (tertiary/aromatic N) is 1. The van der Waals surface area contributed by atoms with Gasteiger partial charge in [0.05, 0.1) is 14.2 Å². The number of H-pyrrole nitrogens is 1. The summed E-state index contributed by atoms with van der Waals surface area (Å²) in [5.74, 6) is 2.27. The highest BCUT2D eigenvalue weighted by atomic mass is 16.5. The zero-order chi connectivity index (χ0) is 18.2. The Morgan fingerprint density at radius 3 is 2.56 bits per heavy atom. The van der Waals surface area contributed by atoms with E-state index in [1.54, 1.807) is 14.2 Å². The Balaban J connectivity index is 2.26. The van der Waals surface area contributed by atoms with Crippen LogP contribution in [0.15, 0.2) is 18.2 Å². The molecule has 0 atom stereocenters. The third-order valence-corrected chi connectivity index (χ3v) is 3.47. The first kappa shape index (κ1) is 18.4. The SMILES string of the molecule is CCNC(=O)c1[nH]c(/C=C/c2ccc(OC)c(OC)c2)nc1NCC. The number of ether oxygens (including phenoxy) is 2. The Morgan fingerprint density at radius 1 is 1.16 bits per heavy atom. The lowest BCUT2D eigenvalue weighted by Crippen LogP contribution is -2.24. The van der Waals surface area contributed by atoms with Gasteiger partial charge in [0, 0.05) is 13.1 Å². The number of hydrogen-bond acceptors (Lipinski definition) is 5. The molecule has 0 unspecified atom stereocenters. The van der Waals surface area contributed by atoms with Crippen molar-refractivity contribution >= 4 is 23.9 Å². The van der Waals surface area contributed by atoms with Gasteiger partial charge in [-0.05, 0) is 37.6 Å². The van der Waals surface area contributed by atoms with Crippen molar-refractivity contribution in [2.45, 2.75) is 13.8 Å². The standard InChI is InChI=1S/C18H24N4O3/c1-5-19-17-16(18(23)20-6-2)21-15(22-17)10-8-12-7-9-13(24-3)14(11-12)25-4/h7-11,19H,5-6H2,1-4H3,(H,20,23)(H,21,22)/b10-8+. The molecule has 0 saturated carbocycles. The lowest BCUT2D eigenvalue weighted by Gasteiger charge is -2.07. The lowest BCUT2D eigenvalue weighted by molar-refractivity contribution is 0.0952. The molecule has 0 aliphatic heterocycles. The largest absolute Gasteiger partial charge is 0.493 e. The summed E-state index contributed by atoms with van der Waals surface area (Å²) in [5, 5.41) is 5.86. The van der Waals surface area contributed by atoms with Crippen molar-refractivity contribution in [2.24, 2.45) is 0 Å². The average molecular weight is 344 g/mol. The molecular weight excluding hydrogens is 320 g/mol. The topological polar surface area (TPSA) is 88.3 Å². The molecule has 1 aromatic carbocycles. The maximum absolute atomic E-state index is 12.1. The Labute approximate surface area is 147 Å². The van der Waals surface area contributed by atoms with E-state index in [9.17, 15) is 4.79 Å². The molecule has 1 aromatic heterocycles. The Bertz CT molecular complexity index is 753. The van der Waals surface area contributed by atoms with E-state index >= 15 is 0 Å². The highest BCUT2D eigenvalue weighted by Gasteiger charge is 2.15. The third-order valence-electron chi connectivity index (χ3n) is 3.47. The highest BCUT2D eigenvalue weighted by Crippen LogP contribution is 2.28. The molecule has 0 fully saturated rings. The number of aromatic nitrogens is 2.